The molecule has 0 aliphatic carbocycles. The number of hydrogen-bond acceptors (Lipinski definition) is 4. The number of rotatable bonds is 3. The van der Waals surface area contributed by atoms with Crippen molar-refractivity contribution in [1.29, 1.82) is 0 Å². The van der Waals surface area contributed by atoms with Crippen LogP contribution in [0, 0.1) is 18.8 Å². The largest absolute Gasteiger partial charge is 0.332 e. The Bertz CT molecular complexity index is 818. The number of sulfonamides is 1. The number of aryl methyl sites for hydroxylation is 1. The number of aromatic amines is 1. The Morgan fingerprint density at radius 3 is 2.86 bits per heavy atom. The summed E-state index contributed by atoms with van der Waals surface area (Å²) in [4.78, 5) is 6.54. The van der Waals surface area contributed by atoms with Crippen molar-refractivity contribution in [2.75, 3.05) is 11.3 Å². The van der Waals surface area contributed by atoms with Crippen molar-refractivity contribution >= 4 is 27.3 Å². The summed E-state index contributed by atoms with van der Waals surface area (Å²) in [5.41, 5.74) is 6.11. The molecule has 0 amide bonds. The van der Waals surface area contributed by atoms with Crippen LogP contribution in [0.2, 0.25) is 5.02 Å². The van der Waals surface area contributed by atoms with E-state index in [1.807, 2.05) is 0 Å². The fourth-order valence-electron chi connectivity index (χ4n) is 1.59. The van der Waals surface area contributed by atoms with Gasteiger partial charge in [0, 0.05) is 5.02 Å². The average molecular weight is 325 g/mol. The molecule has 0 unspecified atom stereocenters. The predicted molar refractivity (Wildman–Crippen MR) is 81.5 cm³/mol. The Morgan fingerprint density at radius 1 is 1.48 bits per heavy atom. The molecule has 0 atom stereocenters. The molecule has 0 fully saturated rings. The second-order valence-electron chi connectivity index (χ2n) is 4.13. The number of nitrogens with one attached hydrogen (secondary N) is 2. The van der Waals surface area contributed by atoms with E-state index in [4.69, 9.17) is 17.3 Å². The molecule has 0 radical (unpaired) electrons. The molecule has 0 spiro atoms. The fraction of sp³-hybridized carbons (Fsp3) is 0.154. The van der Waals surface area contributed by atoms with Crippen LogP contribution in [0.4, 0.5) is 5.69 Å². The van der Waals surface area contributed by atoms with Crippen LogP contribution in [0.3, 0.4) is 0 Å². The zero-order chi connectivity index (χ0) is 15.5. The molecule has 0 saturated carbocycles. The number of benzene rings is 1. The highest BCUT2D eigenvalue weighted by Crippen LogP contribution is 2.22. The van der Waals surface area contributed by atoms with E-state index in [1.165, 1.54) is 6.20 Å². The van der Waals surface area contributed by atoms with Gasteiger partial charge in [0.25, 0.3) is 10.0 Å². The number of halogens is 1. The van der Waals surface area contributed by atoms with Gasteiger partial charge < -0.3 is 10.7 Å². The van der Waals surface area contributed by atoms with Crippen molar-refractivity contribution in [2.45, 2.75) is 11.9 Å². The van der Waals surface area contributed by atoms with Crippen molar-refractivity contribution in [3.63, 3.8) is 0 Å². The highest BCUT2D eigenvalue weighted by Gasteiger charge is 2.18. The van der Waals surface area contributed by atoms with Gasteiger partial charge in [0.05, 0.1) is 24.0 Å². The number of imidazole rings is 1. The Morgan fingerprint density at radius 2 is 2.24 bits per heavy atom. The van der Waals surface area contributed by atoms with Gasteiger partial charge in [-0.1, -0.05) is 23.4 Å². The van der Waals surface area contributed by atoms with Crippen LogP contribution < -0.4 is 10.5 Å². The van der Waals surface area contributed by atoms with Gasteiger partial charge in [-0.05, 0) is 25.1 Å². The quantitative estimate of drug-likeness (QED) is 0.744. The fourth-order valence-corrected chi connectivity index (χ4v) is 2.81. The first kappa shape index (κ1) is 15.4. The zero-order valence-electron chi connectivity index (χ0n) is 11.1. The van der Waals surface area contributed by atoms with Crippen molar-refractivity contribution in [3.8, 4) is 11.8 Å². The second kappa shape index (κ2) is 6.18. The van der Waals surface area contributed by atoms with Gasteiger partial charge in [0.2, 0.25) is 0 Å². The van der Waals surface area contributed by atoms with E-state index in [0.717, 1.165) is 0 Å². The summed E-state index contributed by atoms with van der Waals surface area (Å²) in [6.07, 6.45) is 1.25. The molecule has 110 valence electrons. The van der Waals surface area contributed by atoms with Gasteiger partial charge in [0.1, 0.15) is 5.82 Å². The van der Waals surface area contributed by atoms with Gasteiger partial charge in [0.15, 0.2) is 5.03 Å². The monoisotopic (exact) mass is 324 g/mol. The molecule has 8 heteroatoms. The summed E-state index contributed by atoms with van der Waals surface area (Å²) in [5.74, 6) is 5.96. The molecule has 1 heterocycles. The highest BCUT2D eigenvalue weighted by molar-refractivity contribution is 7.92. The third-order valence-electron chi connectivity index (χ3n) is 2.52. The molecule has 21 heavy (non-hydrogen) atoms. The standard InChI is InChI=1S/C13H13ClN4O2S/c1-9-16-8-13(17-9)21(19,20)18-12-5-4-11(14)7-10(12)3-2-6-15/h4-5,7-8,18H,6,15H2,1H3,(H,16,17). The molecule has 1 aromatic heterocycles. The molecule has 1 aromatic carbocycles. The lowest BCUT2D eigenvalue weighted by Gasteiger charge is -2.08. The summed E-state index contributed by atoms with van der Waals surface area (Å²) in [7, 11) is -3.76. The maximum atomic E-state index is 12.2. The van der Waals surface area contributed by atoms with E-state index in [2.05, 4.69) is 26.5 Å². The van der Waals surface area contributed by atoms with E-state index in [9.17, 15) is 8.42 Å². The summed E-state index contributed by atoms with van der Waals surface area (Å²) in [6.45, 7) is 1.83. The van der Waals surface area contributed by atoms with E-state index < -0.39 is 10.0 Å². The van der Waals surface area contributed by atoms with Crippen LogP contribution in [0.1, 0.15) is 11.4 Å². The first-order chi connectivity index (χ1) is 9.92. The number of nitrogens with zero attached hydrogens (tertiary/aromatic N) is 1. The van der Waals surface area contributed by atoms with Crippen LogP contribution >= 0.6 is 11.6 Å². The van der Waals surface area contributed by atoms with Crippen LogP contribution in [0.15, 0.2) is 29.4 Å². The van der Waals surface area contributed by atoms with Crippen LogP contribution in [0.25, 0.3) is 0 Å². The topological polar surface area (TPSA) is 101 Å². The lowest BCUT2D eigenvalue weighted by atomic mass is 10.2. The van der Waals surface area contributed by atoms with E-state index in [0.29, 0.717) is 22.1 Å². The minimum atomic E-state index is -3.76. The zero-order valence-corrected chi connectivity index (χ0v) is 12.7. The smallest absolute Gasteiger partial charge is 0.279 e. The van der Waals surface area contributed by atoms with E-state index in [-0.39, 0.29) is 11.6 Å². The van der Waals surface area contributed by atoms with Gasteiger partial charge >= 0.3 is 0 Å². The van der Waals surface area contributed by atoms with Crippen molar-refractivity contribution < 1.29 is 8.42 Å². The Labute approximate surface area is 127 Å². The first-order valence-corrected chi connectivity index (χ1v) is 7.81. The van der Waals surface area contributed by atoms with Gasteiger partial charge in [-0.15, -0.1) is 0 Å². The van der Waals surface area contributed by atoms with Crippen molar-refractivity contribution in [2.24, 2.45) is 5.73 Å². The minimum absolute atomic E-state index is 0.0207. The lowest BCUT2D eigenvalue weighted by Crippen LogP contribution is -2.14. The number of anilines is 1. The van der Waals surface area contributed by atoms with Crippen molar-refractivity contribution in [1.82, 2.24) is 9.97 Å². The third-order valence-corrected chi connectivity index (χ3v) is 4.03. The molecular weight excluding hydrogens is 312 g/mol. The number of hydrogen-bond donors (Lipinski definition) is 3. The van der Waals surface area contributed by atoms with Crippen molar-refractivity contribution in [3.05, 3.63) is 40.8 Å². The highest BCUT2D eigenvalue weighted by atomic mass is 35.5. The Hall–Kier alpha value is -2.01. The summed E-state index contributed by atoms with van der Waals surface area (Å²) in [5, 5.41) is 0.435. The molecule has 6 nitrogen and oxygen atoms in total. The summed E-state index contributed by atoms with van der Waals surface area (Å²) >= 11 is 5.89. The second-order valence-corrected chi connectivity index (χ2v) is 6.22. The van der Waals surface area contributed by atoms with Crippen LogP contribution in [-0.4, -0.2) is 24.9 Å². The van der Waals surface area contributed by atoms with Gasteiger partial charge in [-0.25, -0.2) is 4.98 Å². The molecule has 0 aliphatic rings. The normalized spacial score (nSPS) is 10.8. The molecule has 2 aromatic rings. The van der Waals surface area contributed by atoms with Crippen LogP contribution in [0.5, 0.6) is 0 Å². The summed E-state index contributed by atoms with van der Waals surface area (Å²) in [6, 6.07) is 4.69. The first-order valence-electron chi connectivity index (χ1n) is 5.95. The SMILES string of the molecule is Cc1ncc(S(=O)(=O)Nc2ccc(Cl)cc2C#CCN)[nH]1. The maximum absolute atomic E-state index is 12.2. The number of nitrogens with two attached hydrogens (primary N) is 1. The lowest BCUT2D eigenvalue weighted by molar-refractivity contribution is 0.598. The number of H-pyrrole nitrogens is 1. The molecule has 2 rings (SSSR count). The van der Waals surface area contributed by atoms with E-state index in [1.54, 1.807) is 25.1 Å². The average Bonchev–Trinajstić information content (AvgIpc) is 2.86. The molecule has 0 bridgehead atoms. The number of aromatic nitrogens is 2. The van der Waals surface area contributed by atoms with E-state index >= 15 is 0 Å². The minimum Gasteiger partial charge on any atom is -0.332 e. The molecule has 0 saturated heterocycles. The Kier molecular flexibility index (Phi) is 4.53. The molecular formula is C13H13ClN4O2S. The predicted octanol–water partition coefficient (Wildman–Crippen LogP) is 1.48. The summed E-state index contributed by atoms with van der Waals surface area (Å²) < 4.78 is 26.9. The van der Waals surface area contributed by atoms with Gasteiger partial charge in [-0.2, -0.15) is 8.42 Å². The van der Waals surface area contributed by atoms with Gasteiger partial charge in [-0.3, -0.25) is 4.72 Å². The third kappa shape index (κ3) is 3.76. The molecule has 0 aliphatic heterocycles. The Balaban J connectivity index is 2.39. The maximum Gasteiger partial charge on any atom is 0.279 e. The molecule has 4 N–H and O–H groups in total. The van der Waals surface area contributed by atoms with Crippen LogP contribution in [-0.2, 0) is 10.0 Å².